The van der Waals surface area contributed by atoms with Gasteiger partial charge in [-0.1, -0.05) is 12.1 Å². The lowest BCUT2D eigenvalue weighted by molar-refractivity contribution is -0.111. The molecule has 2 rings (SSSR count). The average Bonchev–Trinajstić information content (AvgIpc) is 2.46. The van der Waals surface area contributed by atoms with Crippen molar-refractivity contribution in [2.24, 2.45) is 0 Å². The fourth-order valence-corrected chi connectivity index (χ4v) is 1.64. The molecule has 0 aromatic heterocycles. The number of hydrogen-bond donors (Lipinski definition) is 1. The van der Waals surface area contributed by atoms with Crippen LogP contribution < -0.4 is 10.1 Å². The van der Waals surface area contributed by atoms with Gasteiger partial charge in [-0.15, -0.1) is 0 Å². The van der Waals surface area contributed by atoms with Gasteiger partial charge >= 0.3 is 0 Å². The number of rotatable bonds is 4. The SMILES string of the molecule is COc1ccc(NC(=O)/C=C/c2cccc(F)c2)cc1.O. The minimum Gasteiger partial charge on any atom is -0.497 e. The lowest BCUT2D eigenvalue weighted by Gasteiger charge is -2.03. The van der Waals surface area contributed by atoms with E-state index in [-0.39, 0.29) is 17.2 Å². The zero-order chi connectivity index (χ0) is 14.4. The fourth-order valence-electron chi connectivity index (χ4n) is 1.64. The Kier molecular flexibility index (Phi) is 6.10. The van der Waals surface area contributed by atoms with E-state index in [4.69, 9.17) is 4.74 Å². The van der Waals surface area contributed by atoms with Crippen LogP contribution in [0, 0.1) is 5.82 Å². The second-order valence-electron chi connectivity index (χ2n) is 4.11. The zero-order valence-corrected chi connectivity index (χ0v) is 11.5. The van der Waals surface area contributed by atoms with Gasteiger partial charge in [-0.2, -0.15) is 0 Å². The summed E-state index contributed by atoms with van der Waals surface area (Å²) in [7, 11) is 1.58. The normalized spacial score (nSPS) is 10.0. The molecule has 0 aliphatic carbocycles. The molecule has 3 N–H and O–H groups in total. The Bertz CT molecular complexity index is 624. The maximum atomic E-state index is 13.0. The van der Waals surface area contributed by atoms with E-state index >= 15 is 0 Å². The van der Waals surface area contributed by atoms with E-state index in [1.165, 1.54) is 18.2 Å². The van der Waals surface area contributed by atoms with Crippen molar-refractivity contribution in [3.05, 3.63) is 66.0 Å². The quantitative estimate of drug-likeness (QED) is 0.879. The molecule has 1 amide bonds. The molecule has 0 unspecified atom stereocenters. The molecule has 2 aromatic rings. The standard InChI is InChI=1S/C16H14FNO2.H2O/c1-20-15-8-6-14(7-9-15)18-16(19)10-5-12-3-2-4-13(17)11-12;/h2-11H,1H3,(H,18,19);1H2/b10-5+;. The van der Waals surface area contributed by atoms with Gasteiger partial charge in [0.15, 0.2) is 0 Å². The first-order chi connectivity index (χ1) is 9.67. The van der Waals surface area contributed by atoms with Crippen LogP contribution in [0.25, 0.3) is 6.08 Å². The van der Waals surface area contributed by atoms with Crippen molar-refractivity contribution in [2.45, 2.75) is 0 Å². The first-order valence-electron chi connectivity index (χ1n) is 6.06. The summed E-state index contributed by atoms with van der Waals surface area (Å²) in [4.78, 5) is 11.7. The number of anilines is 1. The number of carbonyl (C=O) groups is 1. The monoisotopic (exact) mass is 289 g/mol. The van der Waals surface area contributed by atoms with Crippen molar-refractivity contribution >= 4 is 17.7 Å². The smallest absolute Gasteiger partial charge is 0.248 e. The number of hydrogen-bond acceptors (Lipinski definition) is 2. The summed E-state index contributed by atoms with van der Waals surface area (Å²) in [6.45, 7) is 0. The molecule has 0 radical (unpaired) electrons. The van der Waals surface area contributed by atoms with Crippen molar-refractivity contribution in [1.29, 1.82) is 0 Å². The highest BCUT2D eigenvalue weighted by Gasteiger charge is 1.98. The van der Waals surface area contributed by atoms with Gasteiger partial charge in [-0.05, 0) is 48.0 Å². The third-order valence-corrected chi connectivity index (χ3v) is 2.63. The molecule has 0 saturated carbocycles. The topological polar surface area (TPSA) is 69.8 Å². The minimum atomic E-state index is -0.331. The van der Waals surface area contributed by atoms with E-state index in [0.29, 0.717) is 11.3 Å². The second-order valence-corrected chi connectivity index (χ2v) is 4.11. The number of halogens is 1. The van der Waals surface area contributed by atoms with E-state index in [9.17, 15) is 9.18 Å². The van der Waals surface area contributed by atoms with Crippen molar-refractivity contribution < 1.29 is 19.4 Å². The van der Waals surface area contributed by atoms with Crippen molar-refractivity contribution in [3.63, 3.8) is 0 Å². The largest absolute Gasteiger partial charge is 0.497 e. The Hall–Kier alpha value is -2.66. The van der Waals surface area contributed by atoms with Crippen LogP contribution in [0.2, 0.25) is 0 Å². The maximum Gasteiger partial charge on any atom is 0.248 e. The predicted molar refractivity (Wildman–Crippen MR) is 80.7 cm³/mol. The van der Waals surface area contributed by atoms with Crippen LogP contribution in [0.4, 0.5) is 10.1 Å². The van der Waals surface area contributed by atoms with Gasteiger partial charge in [0.05, 0.1) is 7.11 Å². The maximum absolute atomic E-state index is 13.0. The Balaban J connectivity index is 0.00000220. The van der Waals surface area contributed by atoms with Crippen LogP contribution in [0.3, 0.4) is 0 Å². The summed E-state index contributed by atoms with van der Waals surface area (Å²) >= 11 is 0. The highest BCUT2D eigenvalue weighted by molar-refractivity contribution is 6.01. The summed E-state index contributed by atoms with van der Waals surface area (Å²) in [6, 6.07) is 13.0. The molecule has 0 bridgehead atoms. The highest BCUT2D eigenvalue weighted by Crippen LogP contribution is 2.15. The van der Waals surface area contributed by atoms with Gasteiger partial charge in [0, 0.05) is 11.8 Å². The molecule has 0 aliphatic heterocycles. The molecule has 0 atom stereocenters. The van der Waals surface area contributed by atoms with Crippen LogP contribution in [-0.4, -0.2) is 18.5 Å². The summed E-state index contributed by atoms with van der Waals surface area (Å²) in [6.07, 6.45) is 2.92. The lowest BCUT2D eigenvalue weighted by Crippen LogP contribution is -2.07. The molecule has 4 nitrogen and oxygen atoms in total. The van der Waals surface area contributed by atoms with Gasteiger partial charge in [0.25, 0.3) is 0 Å². The number of nitrogens with one attached hydrogen (secondary N) is 1. The summed E-state index contributed by atoms with van der Waals surface area (Å²) in [5, 5.41) is 2.70. The third kappa shape index (κ3) is 5.08. The highest BCUT2D eigenvalue weighted by atomic mass is 19.1. The number of ether oxygens (including phenoxy) is 1. The number of methoxy groups -OCH3 is 1. The molecule has 110 valence electrons. The fraction of sp³-hybridized carbons (Fsp3) is 0.0625. The van der Waals surface area contributed by atoms with Crippen LogP contribution in [0.15, 0.2) is 54.6 Å². The number of amides is 1. The Morgan fingerprint density at radius 1 is 1.19 bits per heavy atom. The Morgan fingerprint density at radius 2 is 1.90 bits per heavy atom. The summed E-state index contributed by atoms with van der Waals surface area (Å²) in [5.74, 6) is 0.112. The first-order valence-corrected chi connectivity index (χ1v) is 6.06. The average molecular weight is 289 g/mol. The van der Waals surface area contributed by atoms with E-state index in [0.717, 1.165) is 5.75 Å². The van der Waals surface area contributed by atoms with Crippen LogP contribution in [0.5, 0.6) is 5.75 Å². The number of carbonyl (C=O) groups excluding carboxylic acids is 1. The predicted octanol–water partition coefficient (Wildman–Crippen LogP) is 2.66. The minimum absolute atomic E-state index is 0. The Morgan fingerprint density at radius 3 is 2.52 bits per heavy atom. The van der Waals surface area contributed by atoms with Gasteiger partial charge in [-0.25, -0.2) is 4.39 Å². The van der Waals surface area contributed by atoms with Crippen LogP contribution >= 0.6 is 0 Å². The molecule has 0 saturated heterocycles. The zero-order valence-electron chi connectivity index (χ0n) is 11.5. The molecular weight excluding hydrogens is 273 g/mol. The van der Waals surface area contributed by atoms with Gasteiger partial charge in [0.2, 0.25) is 5.91 Å². The molecule has 0 heterocycles. The van der Waals surface area contributed by atoms with Gasteiger partial charge in [-0.3, -0.25) is 4.79 Å². The molecular formula is C16H16FNO3. The van der Waals surface area contributed by atoms with E-state index < -0.39 is 0 Å². The van der Waals surface area contributed by atoms with Crippen molar-refractivity contribution in [2.75, 3.05) is 12.4 Å². The molecule has 0 fully saturated rings. The van der Waals surface area contributed by atoms with Crippen LogP contribution in [0.1, 0.15) is 5.56 Å². The first kappa shape index (κ1) is 16.4. The van der Waals surface area contributed by atoms with Crippen LogP contribution in [-0.2, 0) is 4.79 Å². The van der Waals surface area contributed by atoms with Crippen molar-refractivity contribution in [3.8, 4) is 5.75 Å². The number of benzene rings is 2. The van der Waals surface area contributed by atoms with Gasteiger partial charge in [0.1, 0.15) is 11.6 Å². The van der Waals surface area contributed by atoms with E-state index in [2.05, 4.69) is 5.32 Å². The Labute approximate surface area is 122 Å². The second kappa shape index (κ2) is 7.81. The molecule has 2 aromatic carbocycles. The van der Waals surface area contributed by atoms with Gasteiger partial charge < -0.3 is 15.5 Å². The molecule has 21 heavy (non-hydrogen) atoms. The molecule has 5 heteroatoms. The summed E-state index contributed by atoms with van der Waals surface area (Å²) in [5.41, 5.74) is 1.30. The van der Waals surface area contributed by atoms with E-state index in [1.54, 1.807) is 49.6 Å². The summed E-state index contributed by atoms with van der Waals surface area (Å²) < 4.78 is 18.0. The third-order valence-electron chi connectivity index (χ3n) is 2.63. The molecule has 0 spiro atoms. The molecule has 0 aliphatic rings. The lowest BCUT2D eigenvalue weighted by atomic mass is 10.2. The van der Waals surface area contributed by atoms with E-state index in [1.807, 2.05) is 0 Å². The van der Waals surface area contributed by atoms with Crippen molar-refractivity contribution in [1.82, 2.24) is 0 Å².